The summed E-state index contributed by atoms with van der Waals surface area (Å²) >= 11 is 1.35. The molecule has 0 saturated carbocycles. The van der Waals surface area contributed by atoms with Crippen molar-refractivity contribution in [3.63, 3.8) is 0 Å². The molecule has 2 aromatic rings. The Bertz CT molecular complexity index is 546. The van der Waals surface area contributed by atoms with Crippen molar-refractivity contribution in [1.82, 2.24) is 0 Å². The van der Waals surface area contributed by atoms with Gasteiger partial charge in [0, 0.05) is 29.0 Å². The van der Waals surface area contributed by atoms with Crippen LogP contribution in [0.3, 0.4) is 0 Å². The zero-order valence-electron chi connectivity index (χ0n) is 10.2. The van der Waals surface area contributed by atoms with Crippen molar-refractivity contribution < 1.29 is 9.76 Å². The van der Waals surface area contributed by atoms with Crippen LogP contribution in [0.1, 0.15) is 0 Å². The molecule has 2 rings (SSSR count). The van der Waals surface area contributed by atoms with Crippen molar-refractivity contribution in [3.8, 4) is 0 Å². The fraction of sp³-hybridized carbons (Fsp3) is 0.0769. The number of nitro benzene ring substituents is 1. The fourth-order valence-corrected chi connectivity index (χ4v) is 2.22. The Morgan fingerprint density at radius 3 is 2.26 bits per heavy atom. The summed E-state index contributed by atoms with van der Waals surface area (Å²) in [5.41, 5.74) is 0.974. The largest absolute Gasteiger partial charge is 0.269 e. The quantitative estimate of drug-likeness (QED) is 0.474. The average molecular weight is 276 g/mol. The molecule has 0 aromatic heterocycles. The first-order valence-electron chi connectivity index (χ1n) is 5.52. The van der Waals surface area contributed by atoms with Gasteiger partial charge in [-0.05, 0) is 24.3 Å². The van der Waals surface area contributed by atoms with Gasteiger partial charge in [0.15, 0.2) is 0 Å². The summed E-state index contributed by atoms with van der Waals surface area (Å²) in [6.07, 6.45) is 0. The van der Waals surface area contributed by atoms with Gasteiger partial charge in [0.05, 0.1) is 17.7 Å². The summed E-state index contributed by atoms with van der Waals surface area (Å²) < 4.78 is 1.64. The Hall–Kier alpha value is -2.05. The Morgan fingerprint density at radius 1 is 1.11 bits per heavy atom. The number of hydrogen-bond donors (Lipinski definition) is 0. The Kier molecular flexibility index (Phi) is 4.38. The molecule has 2 aromatic carbocycles. The number of rotatable bonds is 5. The third-order valence-electron chi connectivity index (χ3n) is 2.37. The summed E-state index contributed by atoms with van der Waals surface area (Å²) in [4.78, 5) is 16.3. The second-order valence-electron chi connectivity index (χ2n) is 3.62. The molecule has 19 heavy (non-hydrogen) atoms. The van der Waals surface area contributed by atoms with Crippen LogP contribution in [0.4, 0.5) is 11.4 Å². The second-order valence-corrected chi connectivity index (χ2v) is 4.60. The molecule has 0 radical (unpaired) electrons. The highest BCUT2D eigenvalue weighted by Gasteiger charge is 2.09. The van der Waals surface area contributed by atoms with Gasteiger partial charge in [-0.25, -0.2) is 0 Å². The van der Waals surface area contributed by atoms with Crippen LogP contribution in [0.5, 0.6) is 0 Å². The van der Waals surface area contributed by atoms with Crippen LogP contribution in [-0.4, -0.2) is 12.0 Å². The highest BCUT2D eigenvalue weighted by molar-refractivity contribution is 8.00. The van der Waals surface area contributed by atoms with Crippen LogP contribution in [-0.2, 0) is 4.84 Å². The van der Waals surface area contributed by atoms with Crippen LogP contribution in [0.15, 0.2) is 59.5 Å². The molecule has 0 saturated heterocycles. The molecule has 0 fully saturated rings. The van der Waals surface area contributed by atoms with Crippen LogP contribution >= 0.6 is 11.9 Å². The smallest absolute Gasteiger partial charge is 0.266 e. The minimum Gasteiger partial charge on any atom is -0.266 e. The summed E-state index contributed by atoms with van der Waals surface area (Å²) in [6, 6.07) is 15.9. The zero-order chi connectivity index (χ0) is 13.7. The Morgan fingerprint density at radius 2 is 1.74 bits per heavy atom. The molecule has 6 heteroatoms. The van der Waals surface area contributed by atoms with E-state index in [9.17, 15) is 10.1 Å². The van der Waals surface area contributed by atoms with Crippen molar-refractivity contribution in [2.24, 2.45) is 0 Å². The molecule has 0 unspecified atom stereocenters. The lowest BCUT2D eigenvalue weighted by Gasteiger charge is -2.19. The molecule has 5 nitrogen and oxygen atoms in total. The number of hydrogen-bond acceptors (Lipinski definition) is 5. The third-order valence-corrected chi connectivity index (χ3v) is 3.38. The van der Waals surface area contributed by atoms with E-state index in [-0.39, 0.29) is 5.69 Å². The molecule has 0 N–H and O–H groups in total. The monoisotopic (exact) mass is 276 g/mol. The lowest BCUT2D eigenvalue weighted by atomic mass is 10.3. The van der Waals surface area contributed by atoms with E-state index in [1.807, 2.05) is 30.3 Å². The molecular formula is C13H12N2O3S. The number of benzene rings is 2. The van der Waals surface area contributed by atoms with Crippen LogP contribution < -0.4 is 4.47 Å². The fourth-order valence-electron chi connectivity index (χ4n) is 1.47. The first kappa shape index (κ1) is 13.4. The normalized spacial score (nSPS) is 10.2. The second kappa shape index (κ2) is 6.21. The molecule has 0 bridgehead atoms. The van der Waals surface area contributed by atoms with Gasteiger partial charge in [-0.1, -0.05) is 18.2 Å². The summed E-state index contributed by atoms with van der Waals surface area (Å²) in [5.74, 6) is 0. The van der Waals surface area contributed by atoms with Gasteiger partial charge in [-0.2, -0.15) is 4.47 Å². The van der Waals surface area contributed by atoms with Crippen LogP contribution in [0.2, 0.25) is 0 Å². The van der Waals surface area contributed by atoms with E-state index in [4.69, 9.17) is 4.84 Å². The molecule has 0 aliphatic carbocycles. The van der Waals surface area contributed by atoms with Gasteiger partial charge in [0.25, 0.3) is 5.69 Å². The summed E-state index contributed by atoms with van der Waals surface area (Å²) in [7, 11) is 1.57. The molecular weight excluding hydrogens is 264 g/mol. The van der Waals surface area contributed by atoms with Crippen molar-refractivity contribution in [2.45, 2.75) is 4.90 Å². The highest BCUT2D eigenvalue weighted by Crippen LogP contribution is 2.29. The number of nitrogens with zero attached hydrogens (tertiary/aromatic N) is 2. The van der Waals surface area contributed by atoms with Crippen LogP contribution in [0.25, 0.3) is 0 Å². The standard InChI is InChI=1S/C13H12N2O3S/c1-18-15(12-5-3-2-4-6-12)19-13-9-7-11(8-10-13)14(16)17/h2-10H,1H3. The van der Waals surface area contributed by atoms with Crippen molar-refractivity contribution in [2.75, 3.05) is 11.6 Å². The maximum atomic E-state index is 10.6. The van der Waals surface area contributed by atoms with E-state index < -0.39 is 4.92 Å². The van der Waals surface area contributed by atoms with Crippen LogP contribution in [0, 0.1) is 10.1 Å². The van der Waals surface area contributed by atoms with E-state index in [1.54, 1.807) is 23.7 Å². The predicted octanol–water partition coefficient (Wildman–Crippen LogP) is 3.67. The van der Waals surface area contributed by atoms with Gasteiger partial charge >= 0.3 is 0 Å². The van der Waals surface area contributed by atoms with E-state index >= 15 is 0 Å². The Balaban J connectivity index is 2.12. The summed E-state index contributed by atoms with van der Waals surface area (Å²) in [6.45, 7) is 0. The molecule has 0 aliphatic rings. The maximum Gasteiger partial charge on any atom is 0.269 e. The number of non-ortho nitro benzene ring substituents is 1. The average Bonchev–Trinajstić information content (AvgIpc) is 2.46. The molecule has 0 amide bonds. The third kappa shape index (κ3) is 3.46. The van der Waals surface area contributed by atoms with E-state index in [0.29, 0.717) is 0 Å². The minimum atomic E-state index is -0.417. The Labute approximate surface area is 115 Å². The predicted molar refractivity (Wildman–Crippen MR) is 74.9 cm³/mol. The van der Waals surface area contributed by atoms with Gasteiger partial charge in [0.2, 0.25) is 0 Å². The molecule has 0 aliphatic heterocycles. The van der Waals surface area contributed by atoms with E-state index in [0.717, 1.165) is 10.6 Å². The van der Waals surface area contributed by atoms with E-state index in [1.165, 1.54) is 24.1 Å². The topological polar surface area (TPSA) is 55.6 Å². The van der Waals surface area contributed by atoms with Gasteiger partial charge in [-0.3, -0.25) is 15.0 Å². The van der Waals surface area contributed by atoms with Crippen molar-refractivity contribution in [1.29, 1.82) is 0 Å². The first-order chi connectivity index (χ1) is 9.20. The lowest BCUT2D eigenvalue weighted by Crippen LogP contribution is -2.11. The minimum absolute atomic E-state index is 0.0769. The van der Waals surface area contributed by atoms with Gasteiger partial charge in [0.1, 0.15) is 0 Å². The molecule has 98 valence electrons. The molecule has 0 heterocycles. The first-order valence-corrected chi connectivity index (χ1v) is 6.30. The maximum absolute atomic E-state index is 10.6. The number of nitro groups is 1. The summed E-state index contributed by atoms with van der Waals surface area (Å²) in [5, 5.41) is 10.6. The zero-order valence-corrected chi connectivity index (χ0v) is 11.0. The molecule has 0 atom stereocenters. The van der Waals surface area contributed by atoms with E-state index in [2.05, 4.69) is 0 Å². The SMILES string of the molecule is CON(Sc1ccc([N+](=O)[O-])cc1)c1ccccc1. The van der Waals surface area contributed by atoms with Crippen molar-refractivity contribution in [3.05, 3.63) is 64.7 Å². The lowest BCUT2D eigenvalue weighted by molar-refractivity contribution is -0.384. The molecule has 0 spiro atoms. The number of para-hydroxylation sites is 1. The highest BCUT2D eigenvalue weighted by atomic mass is 32.2. The van der Waals surface area contributed by atoms with Gasteiger partial charge < -0.3 is 0 Å². The number of anilines is 1. The van der Waals surface area contributed by atoms with Gasteiger partial charge in [-0.15, -0.1) is 0 Å². The van der Waals surface area contributed by atoms with Crippen molar-refractivity contribution >= 4 is 23.3 Å².